The average molecular weight is 322 g/mol. The molecule has 0 saturated heterocycles. The SMILES string of the molecule is Cc1cc(-n2ccc(CNCC(C)C)n2)ccc1Br. The Labute approximate surface area is 123 Å². The molecule has 0 radical (unpaired) electrons. The number of benzene rings is 1. The largest absolute Gasteiger partial charge is 0.311 e. The van der Waals surface area contributed by atoms with Crippen LogP contribution in [0, 0.1) is 12.8 Å². The van der Waals surface area contributed by atoms with E-state index >= 15 is 0 Å². The van der Waals surface area contributed by atoms with Crippen molar-refractivity contribution in [2.24, 2.45) is 5.92 Å². The minimum atomic E-state index is 0.663. The van der Waals surface area contributed by atoms with E-state index in [1.54, 1.807) is 0 Å². The summed E-state index contributed by atoms with van der Waals surface area (Å²) in [5.74, 6) is 0.663. The van der Waals surface area contributed by atoms with E-state index in [4.69, 9.17) is 0 Å². The van der Waals surface area contributed by atoms with E-state index in [1.165, 1.54) is 5.56 Å². The van der Waals surface area contributed by atoms with Gasteiger partial charge in [-0.05, 0) is 49.2 Å². The number of nitrogens with zero attached hydrogens (tertiary/aromatic N) is 2. The number of halogens is 1. The summed E-state index contributed by atoms with van der Waals surface area (Å²) in [7, 11) is 0. The third-order valence-corrected chi connectivity index (χ3v) is 3.80. The molecule has 0 bridgehead atoms. The highest BCUT2D eigenvalue weighted by atomic mass is 79.9. The van der Waals surface area contributed by atoms with Crippen LogP contribution in [-0.4, -0.2) is 16.3 Å². The van der Waals surface area contributed by atoms with Gasteiger partial charge >= 0.3 is 0 Å². The maximum Gasteiger partial charge on any atom is 0.0766 e. The van der Waals surface area contributed by atoms with E-state index in [9.17, 15) is 0 Å². The third kappa shape index (κ3) is 3.91. The molecular weight excluding hydrogens is 302 g/mol. The van der Waals surface area contributed by atoms with Crippen LogP contribution in [0.15, 0.2) is 34.9 Å². The first kappa shape index (κ1) is 14.3. The highest BCUT2D eigenvalue weighted by Crippen LogP contribution is 2.19. The zero-order valence-corrected chi connectivity index (χ0v) is 13.2. The van der Waals surface area contributed by atoms with Gasteiger partial charge in [0.1, 0.15) is 0 Å². The van der Waals surface area contributed by atoms with Crippen molar-refractivity contribution in [2.45, 2.75) is 27.3 Å². The van der Waals surface area contributed by atoms with Crippen LogP contribution in [0.1, 0.15) is 25.1 Å². The highest BCUT2D eigenvalue weighted by molar-refractivity contribution is 9.10. The highest BCUT2D eigenvalue weighted by Gasteiger charge is 2.03. The average Bonchev–Trinajstić information content (AvgIpc) is 2.81. The molecule has 2 aromatic rings. The molecule has 0 aliphatic heterocycles. The van der Waals surface area contributed by atoms with E-state index in [1.807, 2.05) is 10.9 Å². The van der Waals surface area contributed by atoms with Crippen molar-refractivity contribution in [1.29, 1.82) is 0 Å². The molecule has 1 N–H and O–H groups in total. The van der Waals surface area contributed by atoms with Gasteiger partial charge < -0.3 is 5.32 Å². The van der Waals surface area contributed by atoms with Gasteiger partial charge in [-0.15, -0.1) is 0 Å². The number of aromatic nitrogens is 2. The Balaban J connectivity index is 2.05. The Kier molecular flexibility index (Phi) is 4.77. The molecule has 1 heterocycles. The van der Waals surface area contributed by atoms with Gasteiger partial charge in [0.15, 0.2) is 0 Å². The predicted octanol–water partition coefficient (Wildman–Crippen LogP) is 3.69. The summed E-state index contributed by atoms with van der Waals surface area (Å²) < 4.78 is 3.05. The fraction of sp³-hybridized carbons (Fsp3) is 0.400. The lowest BCUT2D eigenvalue weighted by molar-refractivity contribution is 0.546. The Morgan fingerprint density at radius 1 is 1.32 bits per heavy atom. The topological polar surface area (TPSA) is 29.9 Å². The van der Waals surface area contributed by atoms with Gasteiger partial charge in [0.25, 0.3) is 0 Å². The van der Waals surface area contributed by atoms with E-state index in [0.29, 0.717) is 5.92 Å². The number of hydrogen-bond acceptors (Lipinski definition) is 2. The summed E-state index contributed by atoms with van der Waals surface area (Å²) in [4.78, 5) is 0. The lowest BCUT2D eigenvalue weighted by atomic mass is 10.2. The van der Waals surface area contributed by atoms with E-state index in [0.717, 1.165) is 28.9 Å². The monoisotopic (exact) mass is 321 g/mol. The van der Waals surface area contributed by atoms with Gasteiger partial charge in [-0.25, -0.2) is 4.68 Å². The molecule has 3 nitrogen and oxygen atoms in total. The molecule has 2 rings (SSSR count). The number of nitrogens with one attached hydrogen (secondary N) is 1. The van der Waals surface area contributed by atoms with Gasteiger partial charge in [0.2, 0.25) is 0 Å². The standard InChI is InChI=1S/C15H20BrN3/c1-11(2)9-17-10-13-6-7-19(18-13)14-4-5-15(16)12(3)8-14/h4-8,11,17H,9-10H2,1-3H3. The van der Waals surface area contributed by atoms with Crippen molar-refractivity contribution < 1.29 is 0 Å². The smallest absolute Gasteiger partial charge is 0.0766 e. The first-order valence-corrected chi connectivity index (χ1v) is 7.37. The maximum absolute atomic E-state index is 4.59. The van der Waals surface area contributed by atoms with Crippen LogP contribution in [0.3, 0.4) is 0 Å². The van der Waals surface area contributed by atoms with E-state index in [2.05, 4.69) is 71.4 Å². The minimum absolute atomic E-state index is 0.663. The Morgan fingerprint density at radius 2 is 2.11 bits per heavy atom. The number of hydrogen-bond donors (Lipinski definition) is 1. The summed E-state index contributed by atoms with van der Waals surface area (Å²) in [6.45, 7) is 8.33. The van der Waals surface area contributed by atoms with Crippen molar-refractivity contribution in [1.82, 2.24) is 15.1 Å². The van der Waals surface area contributed by atoms with Crippen LogP contribution >= 0.6 is 15.9 Å². The van der Waals surface area contributed by atoms with E-state index in [-0.39, 0.29) is 0 Å². The second-order valence-electron chi connectivity index (χ2n) is 5.21. The molecule has 0 unspecified atom stereocenters. The van der Waals surface area contributed by atoms with Gasteiger partial charge in [-0.1, -0.05) is 29.8 Å². The molecule has 0 atom stereocenters. The zero-order valence-electron chi connectivity index (χ0n) is 11.7. The summed E-state index contributed by atoms with van der Waals surface area (Å²) in [5.41, 5.74) is 3.38. The molecule has 1 aromatic heterocycles. The Bertz CT molecular complexity index is 546. The molecular formula is C15H20BrN3. The van der Waals surface area contributed by atoms with Crippen molar-refractivity contribution in [3.05, 3.63) is 46.2 Å². The zero-order chi connectivity index (χ0) is 13.8. The molecule has 0 amide bonds. The fourth-order valence-corrected chi connectivity index (χ4v) is 2.11. The lowest BCUT2D eigenvalue weighted by Gasteiger charge is -2.06. The van der Waals surface area contributed by atoms with Gasteiger partial charge in [-0.2, -0.15) is 5.10 Å². The van der Waals surface area contributed by atoms with Crippen molar-refractivity contribution >= 4 is 15.9 Å². The maximum atomic E-state index is 4.59. The molecule has 19 heavy (non-hydrogen) atoms. The van der Waals surface area contributed by atoms with Crippen LogP contribution < -0.4 is 5.32 Å². The van der Waals surface area contributed by atoms with Crippen LogP contribution in [0.2, 0.25) is 0 Å². The lowest BCUT2D eigenvalue weighted by Crippen LogP contribution is -2.19. The van der Waals surface area contributed by atoms with Crippen LogP contribution in [0.4, 0.5) is 0 Å². The van der Waals surface area contributed by atoms with Crippen LogP contribution in [0.25, 0.3) is 5.69 Å². The summed E-state index contributed by atoms with van der Waals surface area (Å²) >= 11 is 3.52. The normalized spacial score (nSPS) is 11.2. The van der Waals surface area contributed by atoms with E-state index < -0.39 is 0 Å². The summed E-state index contributed by atoms with van der Waals surface area (Å²) in [5, 5.41) is 7.99. The van der Waals surface area contributed by atoms with Crippen molar-refractivity contribution in [2.75, 3.05) is 6.54 Å². The number of aryl methyl sites for hydroxylation is 1. The molecule has 0 spiro atoms. The molecule has 0 aliphatic carbocycles. The van der Waals surface area contributed by atoms with Crippen LogP contribution in [0.5, 0.6) is 0 Å². The quantitative estimate of drug-likeness (QED) is 0.910. The van der Waals surface area contributed by atoms with Crippen LogP contribution in [-0.2, 0) is 6.54 Å². The van der Waals surface area contributed by atoms with Crippen molar-refractivity contribution in [3.63, 3.8) is 0 Å². The predicted molar refractivity (Wildman–Crippen MR) is 82.5 cm³/mol. The van der Waals surface area contributed by atoms with Gasteiger partial charge in [0.05, 0.1) is 11.4 Å². The second kappa shape index (κ2) is 6.35. The fourth-order valence-electron chi connectivity index (χ4n) is 1.86. The second-order valence-corrected chi connectivity index (χ2v) is 6.06. The molecule has 102 valence electrons. The summed E-state index contributed by atoms with van der Waals surface area (Å²) in [6, 6.07) is 8.31. The molecule has 0 aliphatic rings. The molecule has 1 aromatic carbocycles. The van der Waals surface area contributed by atoms with Gasteiger partial charge in [-0.3, -0.25) is 0 Å². The molecule has 4 heteroatoms. The minimum Gasteiger partial charge on any atom is -0.311 e. The number of rotatable bonds is 5. The summed E-state index contributed by atoms with van der Waals surface area (Å²) in [6.07, 6.45) is 2.01. The molecule has 0 fully saturated rings. The van der Waals surface area contributed by atoms with Gasteiger partial charge in [0, 0.05) is 17.2 Å². The third-order valence-electron chi connectivity index (χ3n) is 2.91. The van der Waals surface area contributed by atoms with Crippen molar-refractivity contribution in [3.8, 4) is 5.69 Å². The Hall–Kier alpha value is -1.13. The first-order valence-electron chi connectivity index (χ1n) is 6.58. The first-order chi connectivity index (χ1) is 9.06. The molecule has 0 saturated carbocycles. The Morgan fingerprint density at radius 3 is 2.79 bits per heavy atom.